The minimum Gasteiger partial charge on any atom is -0.409 e. The molecule has 1 amide bonds. The Morgan fingerprint density at radius 1 is 1.53 bits per heavy atom. The van der Waals surface area contributed by atoms with Crippen LogP contribution in [0.3, 0.4) is 0 Å². The van der Waals surface area contributed by atoms with E-state index in [1.54, 1.807) is 18.2 Å². The number of nitrogens with zero attached hydrogens (tertiary/aromatic N) is 1. The smallest absolute Gasteiger partial charge is 0.253 e. The summed E-state index contributed by atoms with van der Waals surface area (Å²) in [5.41, 5.74) is 6.03. The van der Waals surface area contributed by atoms with Crippen LogP contribution in [0.4, 0.5) is 0 Å². The highest BCUT2D eigenvalue weighted by Gasteiger charge is 2.22. The van der Waals surface area contributed by atoms with Crippen molar-refractivity contribution in [3.8, 4) is 0 Å². The van der Waals surface area contributed by atoms with E-state index in [1.165, 1.54) is 0 Å². The number of amidine groups is 1. The van der Waals surface area contributed by atoms with Crippen molar-refractivity contribution >= 4 is 45.9 Å². The lowest BCUT2D eigenvalue weighted by Crippen LogP contribution is -2.48. The van der Waals surface area contributed by atoms with Crippen molar-refractivity contribution in [2.45, 2.75) is 19.9 Å². The Balaban J connectivity index is 2.97. The second-order valence-corrected chi connectivity index (χ2v) is 5.94. The van der Waals surface area contributed by atoms with Gasteiger partial charge in [-0.2, -0.15) is 0 Å². The number of carbonyl (C=O) groups is 1. The lowest BCUT2D eigenvalue weighted by molar-refractivity contribution is 0.0938. The Labute approximate surface area is 130 Å². The first kappa shape index (κ1) is 16.0. The van der Waals surface area contributed by atoms with Crippen LogP contribution in [-0.2, 0) is 0 Å². The van der Waals surface area contributed by atoms with Gasteiger partial charge in [-0.05, 0) is 46.7 Å². The van der Waals surface area contributed by atoms with Crippen molar-refractivity contribution < 1.29 is 10.0 Å². The van der Waals surface area contributed by atoms with Crippen LogP contribution in [0.2, 0.25) is 5.02 Å². The molecule has 0 fully saturated rings. The van der Waals surface area contributed by atoms with Crippen molar-refractivity contribution in [1.29, 1.82) is 0 Å². The van der Waals surface area contributed by atoms with E-state index >= 15 is 0 Å². The number of hydrogen-bond acceptors (Lipinski definition) is 3. The zero-order valence-corrected chi connectivity index (χ0v) is 13.4. The van der Waals surface area contributed by atoms with E-state index in [0.717, 1.165) is 3.57 Å². The van der Waals surface area contributed by atoms with Gasteiger partial charge in [0.1, 0.15) is 0 Å². The number of oxime groups is 1. The maximum atomic E-state index is 12.2. The van der Waals surface area contributed by atoms with E-state index in [-0.39, 0.29) is 17.7 Å². The quantitative estimate of drug-likeness (QED) is 0.241. The van der Waals surface area contributed by atoms with Gasteiger partial charge in [0.15, 0.2) is 5.84 Å². The third-order valence-corrected chi connectivity index (χ3v) is 3.74. The highest BCUT2D eigenvalue weighted by molar-refractivity contribution is 14.1. The number of nitrogens with two attached hydrogens (primary N) is 1. The molecule has 0 spiro atoms. The summed E-state index contributed by atoms with van der Waals surface area (Å²) in [6.45, 7) is 3.73. The maximum absolute atomic E-state index is 12.2. The lowest BCUT2D eigenvalue weighted by Gasteiger charge is -2.21. The van der Waals surface area contributed by atoms with Crippen molar-refractivity contribution in [1.82, 2.24) is 5.32 Å². The summed E-state index contributed by atoms with van der Waals surface area (Å²) in [6, 6.07) is 4.52. The van der Waals surface area contributed by atoms with Crippen LogP contribution in [0, 0.1) is 9.49 Å². The Morgan fingerprint density at radius 2 is 2.16 bits per heavy atom. The molecule has 1 aromatic rings. The van der Waals surface area contributed by atoms with Gasteiger partial charge in [-0.1, -0.05) is 30.6 Å². The minimum absolute atomic E-state index is 0.00306. The van der Waals surface area contributed by atoms with Crippen LogP contribution < -0.4 is 11.1 Å². The molecule has 0 bridgehead atoms. The maximum Gasteiger partial charge on any atom is 0.253 e. The van der Waals surface area contributed by atoms with Gasteiger partial charge in [0.25, 0.3) is 5.91 Å². The molecule has 19 heavy (non-hydrogen) atoms. The van der Waals surface area contributed by atoms with Gasteiger partial charge in [0.2, 0.25) is 0 Å². The zero-order valence-electron chi connectivity index (χ0n) is 10.5. The van der Waals surface area contributed by atoms with Crippen molar-refractivity contribution in [2.24, 2.45) is 16.8 Å². The normalized spacial score (nSPS) is 13.4. The fourth-order valence-corrected chi connectivity index (χ4v) is 2.29. The Hall–Kier alpha value is -1.02. The molecule has 1 aromatic carbocycles. The minimum atomic E-state index is -0.535. The first-order valence-corrected chi connectivity index (χ1v) is 7.05. The van der Waals surface area contributed by atoms with Crippen molar-refractivity contribution in [2.75, 3.05) is 0 Å². The third kappa shape index (κ3) is 4.24. The summed E-state index contributed by atoms with van der Waals surface area (Å²) in [6.07, 6.45) is 0. The molecular weight excluding hydrogens is 381 g/mol. The van der Waals surface area contributed by atoms with Gasteiger partial charge in [-0.25, -0.2) is 0 Å². The molecule has 4 N–H and O–H groups in total. The van der Waals surface area contributed by atoms with Crippen LogP contribution in [0.15, 0.2) is 23.4 Å². The van der Waals surface area contributed by atoms with E-state index in [0.29, 0.717) is 10.6 Å². The summed E-state index contributed by atoms with van der Waals surface area (Å²) in [5.74, 6) is -0.339. The van der Waals surface area contributed by atoms with Gasteiger partial charge < -0.3 is 16.3 Å². The standard InChI is InChI=1S/C12H15ClIN3O2/c1-6(2)10(11(15)17-19)16-12(18)8-5-7(13)3-4-9(8)14/h3-6,10,19H,1-2H3,(H2,15,17)(H,16,18). The molecular formula is C12H15ClIN3O2. The highest BCUT2D eigenvalue weighted by atomic mass is 127. The fourth-order valence-electron chi connectivity index (χ4n) is 1.53. The largest absolute Gasteiger partial charge is 0.409 e. The van der Waals surface area contributed by atoms with E-state index in [4.69, 9.17) is 22.5 Å². The Bertz CT molecular complexity index is 506. The van der Waals surface area contributed by atoms with E-state index in [1.807, 2.05) is 13.8 Å². The number of benzene rings is 1. The van der Waals surface area contributed by atoms with Gasteiger partial charge in [0.05, 0.1) is 11.6 Å². The predicted octanol–water partition coefficient (Wildman–Crippen LogP) is 2.45. The first-order chi connectivity index (χ1) is 8.86. The Morgan fingerprint density at radius 3 is 2.68 bits per heavy atom. The second-order valence-electron chi connectivity index (χ2n) is 4.34. The van der Waals surface area contributed by atoms with Gasteiger partial charge in [-0.15, -0.1) is 0 Å². The van der Waals surface area contributed by atoms with Crippen LogP contribution in [0.1, 0.15) is 24.2 Å². The summed E-state index contributed by atoms with van der Waals surface area (Å²) in [7, 11) is 0. The van der Waals surface area contributed by atoms with E-state index in [2.05, 4.69) is 33.1 Å². The number of nitrogens with one attached hydrogen (secondary N) is 1. The molecule has 0 aromatic heterocycles. The molecule has 0 radical (unpaired) electrons. The molecule has 1 unspecified atom stereocenters. The molecule has 0 heterocycles. The topological polar surface area (TPSA) is 87.7 Å². The number of hydrogen-bond donors (Lipinski definition) is 3. The summed E-state index contributed by atoms with van der Waals surface area (Å²) in [4.78, 5) is 12.2. The zero-order chi connectivity index (χ0) is 14.6. The van der Waals surface area contributed by atoms with E-state index < -0.39 is 6.04 Å². The molecule has 0 saturated carbocycles. The SMILES string of the molecule is CC(C)C(NC(=O)c1cc(Cl)ccc1I)/C(N)=N/O. The average Bonchev–Trinajstić information content (AvgIpc) is 2.37. The average molecular weight is 396 g/mol. The second kappa shape index (κ2) is 6.95. The number of carbonyl (C=O) groups excluding carboxylic acids is 1. The summed E-state index contributed by atoms with van der Waals surface area (Å²) < 4.78 is 0.779. The molecule has 0 aliphatic rings. The van der Waals surface area contributed by atoms with E-state index in [9.17, 15) is 4.79 Å². The van der Waals surface area contributed by atoms with Crippen LogP contribution in [0.25, 0.3) is 0 Å². The molecule has 104 valence electrons. The van der Waals surface area contributed by atoms with Crippen molar-refractivity contribution in [3.05, 3.63) is 32.4 Å². The number of amides is 1. The molecule has 1 atom stereocenters. The Kier molecular flexibility index (Phi) is 5.86. The van der Waals surface area contributed by atoms with Gasteiger partial charge in [-0.3, -0.25) is 4.79 Å². The highest BCUT2D eigenvalue weighted by Crippen LogP contribution is 2.18. The number of rotatable bonds is 4. The van der Waals surface area contributed by atoms with Crippen LogP contribution >= 0.6 is 34.2 Å². The summed E-state index contributed by atoms with van der Waals surface area (Å²) >= 11 is 7.93. The van der Waals surface area contributed by atoms with Gasteiger partial charge >= 0.3 is 0 Å². The molecule has 0 saturated heterocycles. The third-order valence-electron chi connectivity index (χ3n) is 2.56. The first-order valence-electron chi connectivity index (χ1n) is 5.60. The number of halogens is 2. The predicted molar refractivity (Wildman–Crippen MR) is 83.7 cm³/mol. The lowest BCUT2D eigenvalue weighted by atomic mass is 10.0. The van der Waals surface area contributed by atoms with Crippen LogP contribution in [-0.4, -0.2) is 23.0 Å². The van der Waals surface area contributed by atoms with Crippen molar-refractivity contribution in [3.63, 3.8) is 0 Å². The van der Waals surface area contributed by atoms with Gasteiger partial charge in [0, 0.05) is 8.59 Å². The molecule has 1 rings (SSSR count). The monoisotopic (exact) mass is 395 g/mol. The molecule has 0 aliphatic heterocycles. The fraction of sp³-hybridized carbons (Fsp3) is 0.333. The molecule has 0 aliphatic carbocycles. The molecule has 5 nitrogen and oxygen atoms in total. The summed E-state index contributed by atoms with van der Waals surface area (Å²) in [5, 5.41) is 14.9. The molecule has 7 heteroatoms. The van der Waals surface area contributed by atoms with Crippen LogP contribution in [0.5, 0.6) is 0 Å².